The summed E-state index contributed by atoms with van der Waals surface area (Å²) in [7, 11) is 0. The van der Waals surface area contributed by atoms with Crippen molar-refractivity contribution >= 4 is 5.69 Å². The Kier molecular flexibility index (Phi) is 5.44. The highest BCUT2D eigenvalue weighted by Crippen LogP contribution is 2.20. The lowest BCUT2D eigenvalue weighted by Gasteiger charge is -2.36. The third kappa shape index (κ3) is 4.50. The summed E-state index contributed by atoms with van der Waals surface area (Å²) in [5.41, 5.74) is 2.66. The number of benzene rings is 1. The van der Waals surface area contributed by atoms with Crippen molar-refractivity contribution in [3.63, 3.8) is 0 Å². The maximum atomic E-state index is 5.79. The van der Waals surface area contributed by atoms with E-state index in [4.69, 9.17) is 4.74 Å². The summed E-state index contributed by atoms with van der Waals surface area (Å²) in [5, 5.41) is 3.48. The normalized spacial score (nSPS) is 23.4. The largest absolute Gasteiger partial charge is 0.372 e. The molecule has 2 rings (SSSR count). The topological polar surface area (TPSA) is 24.5 Å². The average Bonchev–Trinajstić information content (AvgIpc) is 2.38. The van der Waals surface area contributed by atoms with Crippen molar-refractivity contribution in [1.82, 2.24) is 5.32 Å². The molecule has 0 aromatic heterocycles. The van der Waals surface area contributed by atoms with Gasteiger partial charge in [0.1, 0.15) is 0 Å². The number of rotatable bonds is 5. The first kappa shape index (κ1) is 15.3. The maximum absolute atomic E-state index is 5.79. The Morgan fingerprint density at radius 2 is 1.75 bits per heavy atom. The van der Waals surface area contributed by atoms with Crippen molar-refractivity contribution < 1.29 is 4.74 Å². The highest BCUT2D eigenvalue weighted by atomic mass is 16.5. The van der Waals surface area contributed by atoms with Crippen LogP contribution in [0.5, 0.6) is 0 Å². The molecule has 0 spiro atoms. The second-order valence-corrected chi connectivity index (χ2v) is 6.35. The van der Waals surface area contributed by atoms with Crippen LogP contribution in [-0.2, 0) is 11.3 Å². The van der Waals surface area contributed by atoms with Crippen LogP contribution in [0.1, 0.15) is 33.3 Å². The Balaban J connectivity index is 1.90. The van der Waals surface area contributed by atoms with E-state index >= 15 is 0 Å². The molecule has 0 aliphatic carbocycles. The number of hydrogen-bond donors (Lipinski definition) is 1. The van der Waals surface area contributed by atoms with E-state index in [2.05, 4.69) is 62.2 Å². The Morgan fingerprint density at radius 3 is 2.30 bits per heavy atom. The number of anilines is 1. The lowest BCUT2D eigenvalue weighted by atomic mass is 10.1. The molecule has 1 aliphatic heterocycles. The minimum atomic E-state index is 0.311. The molecular weight excluding hydrogens is 248 g/mol. The smallest absolute Gasteiger partial charge is 0.0726 e. The quantitative estimate of drug-likeness (QED) is 0.894. The fourth-order valence-electron chi connectivity index (χ4n) is 2.72. The van der Waals surface area contributed by atoms with Gasteiger partial charge >= 0.3 is 0 Å². The van der Waals surface area contributed by atoms with Gasteiger partial charge in [0.15, 0.2) is 0 Å². The van der Waals surface area contributed by atoms with Crippen molar-refractivity contribution in [1.29, 1.82) is 0 Å². The van der Waals surface area contributed by atoms with Gasteiger partial charge in [-0.1, -0.05) is 26.0 Å². The minimum Gasteiger partial charge on any atom is -0.372 e. The third-order valence-electron chi connectivity index (χ3n) is 3.60. The Labute approximate surface area is 123 Å². The van der Waals surface area contributed by atoms with E-state index in [1.165, 1.54) is 11.3 Å². The molecule has 0 bridgehead atoms. The minimum absolute atomic E-state index is 0.311. The maximum Gasteiger partial charge on any atom is 0.0726 e. The van der Waals surface area contributed by atoms with Gasteiger partial charge in [0.2, 0.25) is 0 Å². The lowest BCUT2D eigenvalue weighted by molar-refractivity contribution is -0.00521. The molecule has 112 valence electrons. The van der Waals surface area contributed by atoms with E-state index in [0.29, 0.717) is 18.1 Å². The number of hydrogen-bond acceptors (Lipinski definition) is 3. The molecule has 1 N–H and O–H groups in total. The van der Waals surface area contributed by atoms with Gasteiger partial charge in [-0.25, -0.2) is 0 Å². The Morgan fingerprint density at radius 1 is 1.15 bits per heavy atom. The monoisotopic (exact) mass is 276 g/mol. The highest BCUT2D eigenvalue weighted by molar-refractivity contribution is 5.48. The van der Waals surface area contributed by atoms with Crippen LogP contribution in [-0.4, -0.2) is 31.8 Å². The zero-order valence-corrected chi connectivity index (χ0v) is 13.2. The van der Waals surface area contributed by atoms with Gasteiger partial charge in [-0.2, -0.15) is 0 Å². The first-order valence-electron chi connectivity index (χ1n) is 7.74. The number of morpholine rings is 1. The van der Waals surface area contributed by atoms with Crippen LogP contribution in [0.4, 0.5) is 5.69 Å². The van der Waals surface area contributed by atoms with E-state index in [1.54, 1.807) is 0 Å². The average molecular weight is 276 g/mol. The zero-order valence-electron chi connectivity index (χ0n) is 13.2. The fraction of sp³-hybridized carbons (Fsp3) is 0.647. The zero-order chi connectivity index (χ0) is 14.5. The Hall–Kier alpha value is -1.06. The molecule has 1 heterocycles. The molecule has 0 amide bonds. The van der Waals surface area contributed by atoms with Crippen molar-refractivity contribution in [3.05, 3.63) is 29.8 Å². The van der Waals surface area contributed by atoms with E-state index in [9.17, 15) is 0 Å². The molecule has 3 nitrogen and oxygen atoms in total. The van der Waals surface area contributed by atoms with Gasteiger partial charge in [0.05, 0.1) is 12.2 Å². The summed E-state index contributed by atoms with van der Waals surface area (Å²) >= 11 is 0. The van der Waals surface area contributed by atoms with Crippen LogP contribution in [0.3, 0.4) is 0 Å². The molecule has 3 heteroatoms. The molecule has 1 aromatic rings. The van der Waals surface area contributed by atoms with E-state index in [1.807, 2.05) is 0 Å². The van der Waals surface area contributed by atoms with Gasteiger partial charge in [-0.15, -0.1) is 0 Å². The summed E-state index contributed by atoms with van der Waals surface area (Å²) in [6.45, 7) is 12.7. The molecule has 1 aliphatic rings. The molecule has 1 saturated heterocycles. The summed E-state index contributed by atoms with van der Waals surface area (Å²) in [6.07, 6.45) is 0.622. The predicted octanol–water partition coefficient (Wildman–Crippen LogP) is 3.05. The van der Waals surface area contributed by atoms with Gasteiger partial charge in [-0.05, 0) is 44.0 Å². The molecule has 2 atom stereocenters. The highest BCUT2D eigenvalue weighted by Gasteiger charge is 2.22. The first-order chi connectivity index (χ1) is 9.54. The van der Waals surface area contributed by atoms with Crippen LogP contribution in [0.25, 0.3) is 0 Å². The van der Waals surface area contributed by atoms with Crippen molar-refractivity contribution in [2.75, 3.05) is 24.5 Å². The molecule has 0 saturated carbocycles. The summed E-state index contributed by atoms with van der Waals surface area (Å²) in [6, 6.07) is 8.93. The third-order valence-corrected chi connectivity index (χ3v) is 3.60. The summed E-state index contributed by atoms with van der Waals surface area (Å²) in [5.74, 6) is 0.700. The molecule has 1 aromatic carbocycles. The van der Waals surface area contributed by atoms with Crippen LogP contribution in [0.2, 0.25) is 0 Å². The SMILES string of the molecule is CC(C)CNCc1ccc(N2C[C@@H](C)O[C@@H](C)C2)cc1. The van der Waals surface area contributed by atoms with Gasteiger partial charge in [0.25, 0.3) is 0 Å². The van der Waals surface area contributed by atoms with Gasteiger partial charge in [-0.3, -0.25) is 0 Å². The molecular formula is C17H28N2O. The standard InChI is InChI=1S/C17H28N2O/c1-13(2)9-18-10-16-5-7-17(8-6-16)19-11-14(3)20-15(4)12-19/h5-8,13-15,18H,9-12H2,1-4H3/t14-,15+. The fourth-order valence-corrected chi connectivity index (χ4v) is 2.72. The van der Waals surface area contributed by atoms with Crippen LogP contribution in [0.15, 0.2) is 24.3 Å². The summed E-state index contributed by atoms with van der Waals surface area (Å²) in [4.78, 5) is 2.42. The molecule has 0 unspecified atom stereocenters. The number of nitrogens with one attached hydrogen (secondary N) is 1. The van der Waals surface area contributed by atoms with Gasteiger partial charge in [0, 0.05) is 25.3 Å². The molecule has 20 heavy (non-hydrogen) atoms. The summed E-state index contributed by atoms with van der Waals surface area (Å²) < 4.78 is 5.79. The Bertz CT molecular complexity index is 392. The van der Waals surface area contributed by atoms with Crippen molar-refractivity contribution in [2.45, 2.75) is 46.4 Å². The second kappa shape index (κ2) is 7.09. The molecule has 1 fully saturated rings. The van der Waals surface area contributed by atoms with Crippen molar-refractivity contribution in [3.8, 4) is 0 Å². The number of ether oxygens (including phenoxy) is 1. The van der Waals surface area contributed by atoms with Gasteiger partial charge < -0.3 is 15.0 Å². The van der Waals surface area contributed by atoms with Crippen LogP contribution in [0, 0.1) is 5.92 Å². The number of nitrogens with zero attached hydrogens (tertiary/aromatic N) is 1. The van der Waals surface area contributed by atoms with E-state index in [-0.39, 0.29) is 0 Å². The van der Waals surface area contributed by atoms with Crippen LogP contribution < -0.4 is 10.2 Å². The second-order valence-electron chi connectivity index (χ2n) is 6.35. The molecule has 0 radical (unpaired) electrons. The van der Waals surface area contributed by atoms with Crippen molar-refractivity contribution in [2.24, 2.45) is 5.92 Å². The predicted molar refractivity (Wildman–Crippen MR) is 85.2 cm³/mol. The first-order valence-corrected chi connectivity index (χ1v) is 7.74. The van der Waals surface area contributed by atoms with Crippen LogP contribution >= 0.6 is 0 Å². The van der Waals surface area contributed by atoms with E-state index in [0.717, 1.165) is 26.2 Å². The van der Waals surface area contributed by atoms with E-state index < -0.39 is 0 Å². The lowest BCUT2D eigenvalue weighted by Crippen LogP contribution is -2.45.